The van der Waals surface area contributed by atoms with E-state index in [1.807, 2.05) is 44.2 Å². The predicted molar refractivity (Wildman–Crippen MR) is 91.6 cm³/mol. The molecule has 7 heteroatoms. The summed E-state index contributed by atoms with van der Waals surface area (Å²) in [5.41, 5.74) is 0.914. The molecule has 1 heterocycles. The van der Waals surface area contributed by atoms with Crippen LogP contribution in [0.25, 0.3) is 0 Å². The molecule has 1 amide bonds. The maximum Gasteiger partial charge on any atom is 0.343 e. The van der Waals surface area contributed by atoms with Crippen molar-refractivity contribution in [2.24, 2.45) is 0 Å². The topological polar surface area (TPSA) is 79.8 Å². The molecule has 124 valence electrons. The van der Waals surface area contributed by atoms with Crippen molar-refractivity contribution >= 4 is 17.7 Å². The number of rotatable bonds is 8. The maximum absolute atomic E-state index is 11.9. The Bertz CT molecular complexity index is 681. The molecule has 2 aromatic rings. The Labute approximate surface area is 139 Å². The smallest absolute Gasteiger partial charge is 0.343 e. The van der Waals surface area contributed by atoms with Gasteiger partial charge in [0.1, 0.15) is 0 Å². The van der Waals surface area contributed by atoms with Gasteiger partial charge in [0.25, 0.3) is 0 Å². The van der Waals surface area contributed by atoms with E-state index in [4.69, 9.17) is 0 Å². The Morgan fingerprint density at radius 1 is 1.39 bits per heavy atom. The summed E-state index contributed by atoms with van der Waals surface area (Å²) >= 11 is 1.27. The van der Waals surface area contributed by atoms with E-state index in [-0.39, 0.29) is 23.4 Å². The number of hydrogen-bond acceptors (Lipinski definition) is 4. The summed E-state index contributed by atoms with van der Waals surface area (Å²) in [6, 6.07) is 10.1. The van der Waals surface area contributed by atoms with E-state index in [0.29, 0.717) is 11.7 Å². The van der Waals surface area contributed by atoms with E-state index in [2.05, 4.69) is 15.5 Å². The van der Waals surface area contributed by atoms with Gasteiger partial charge in [0, 0.05) is 12.6 Å². The van der Waals surface area contributed by atoms with E-state index in [1.54, 1.807) is 4.57 Å². The zero-order chi connectivity index (χ0) is 16.7. The zero-order valence-corrected chi connectivity index (χ0v) is 14.2. The summed E-state index contributed by atoms with van der Waals surface area (Å²) in [4.78, 5) is 23.7. The van der Waals surface area contributed by atoms with Crippen molar-refractivity contribution in [1.82, 2.24) is 20.1 Å². The number of aromatic nitrogens is 3. The van der Waals surface area contributed by atoms with Gasteiger partial charge in [0.2, 0.25) is 5.91 Å². The molecule has 0 saturated carbocycles. The minimum Gasteiger partial charge on any atom is -0.353 e. The molecule has 0 spiro atoms. The summed E-state index contributed by atoms with van der Waals surface area (Å²) < 4.78 is 1.58. The lowest BCUT2D eigenvalue weighted by atomic mass is 10.1. The van der Waals surface area contributed by atoms with Crippen molar-refractivity contribution in [2.75, 3.05) is 5.75 Å². The molecule has 0 radical (unpaired) electrons. The van der Waals surface area contributed by atoms with Gasteiger partial charge in [-0.2, -0.15) is 0 Å². The first kappa shape index (κ1) is 17.3. The fourth-order valence-corrected chi connectivity index (χ4v) is 2.83. The molecule has 0 aliphatic rings. The number of H-pyrrole nitrogens is 1. The van der Waals surface area contributed by atoms with Gasteiger partial charge in [0.05, 0.1) is 5.75 Å². The van der Waals surface area contributed by atoms with E-state index in [0.717, 1.165) is 18.4 Å². The molecular formula is C16H22N4O2S. The molecule has 1 aromatic carbocycles. The van der Waals surface area contributed by atoms with Crippen molar-refractivity contribution in [3.05, 3.63) is 46.4 Å². The summed E-state index contributed by atoms with van der Waals surface area (Å²) in [5, 5.41) is 9.91. The van der Waals surface area contributed by atoms with Crippen LogP contribution in [0.2, 0.25) is 0 Å². The van der Waals surface area contributed by atoms with Crippen LogP contribution in [0.3, 0.4) is 0 Å². The van der Waals surface area contributed by atoms with Gasteiger partial charge in [-0.25, -0.2) is 9.89 Å². The molecule has 1 aromatic heterocycles. The van der Waals surface area contributed by atoms with Crippen LogP contribution in [0.1, 0.15) is 25.8 Å². The van der Waals surface area contributed by atoms with Crippen LogP contribution >= 0.6 is 11.8 Å². The number of carbonyl (C=O) groups excluding carboxylic acids is 1. The average molecular weight is 334 g/mol. The van der Waals surface area contributed by atoms with Gasteiger partial charge in [-0.15, -0.1) is 5.10 Å². The van der Waals surface area contributed by atoms with E-state index < -0.39 is 0 Å². The molecule has 23 heavy (non-hydrogen) atoms. The van der Waals surface area contributed by atoms with Crippen LogP contribution in [0.4, 0.5) is 0 Å². The van der Waals surface area contributed by atoms with E-state index in [9.17, 15) is 9.59 Å². The van der Waals surface area contributed by atoms with Crippen molar-refractivity contribution in [2.45, 2.75) is 44.4 Å². The van der Waals surface area contributed by atoms with Crippen molar-refractivity contribution in [1.29, 1.82) is 0 Å². The number of aryl methyl sites for hydroxylation is 1. The van der Waals surface area contributed by atoms with Gasteiger partial charge in [-0.3, -0.25) is 9.36 Å². The Morgan fingerprint density at radius 2 is 2.13 bits per heavy atom. The molecule has 2 rings (SSSR count). The Morgan fingerprint density at radius 3 is 2.83 bits per heavy atom. The molecular weight excluding hydrogens is 312 g/mol. The first-order chi connectivity index (χ1) is 11.1. The third kappa shape index (κ3) is 5.28. The third-order valence-corrected chi connectivity index (χ3v) is 4.52. The van der Waals surface area contributed by atoms with Crippen molar-refractivity contribution in [3.63, 3.8) is 0 Å². The van der Waals surface area contributed by atoms with Crippen molar-refractivity contribution < 1.29 is 4.79 Å². The number of nitrogens with zero attached hydrogens (tertiary/aromatic N) is 2. The van der Waals surface area contributed by atoms with Gasteiger partial charge < -0.3 is 5.32 Å². The van der Waals surface area contributed by atoms with Crippen LogP contribution < -0.4 is 11.0 Å². The van der Waals surface area contributed by atoms with Gasteiger partial charge in [-0.05, 0) is 25.3 Å². The highest BCUT2D eigenvalue weighted by Crippen LogP contribution is 2.13. The van der Waals surface area contributed by atoms with Gasteiger partial charge in [-0.1, -0.05) is 49.0 Å². The second kappa shape index (κ2) is 8.57. The lowest BCUT2D eigenvalue weighted by Crippen LogP contribution is -2.33. The number of carbonyl (C=O) groups is 1. The first-order valence-corrected chi connectivity index (χ1v) is 8.70. The molecule has 0 unspecified atom stereocenters. The summed E-state index contributed by atoms with van der Waals surface area (Å²) in [6.45, 7) is 4.52. The highest BCUT2D eigenvalue weighted by Gasteiger charge is 2.12. The quantitative estimate of drug-likeness (QED) is 0.722. The molecule has 0 fully saturated rings. The van der Waals surface area contributed by atoms with Crippen LogP contribution in [0.15, 0.2) is 40.3 Å². The Kier molecular flexibility index (Phi) is 6.46. The number of hydrogen-bond donors (Lipinski definition) is 2. The standard InChI is InChI=1S/C16H22N4O2S/c1-3-12(2)17-14(21)11-23-16-19-18-15(22)20(16)10-9-13-7-5-4-6-8-13/h4-8,12H,3,9-11H2,1-2H3,(H,17,21)(H,18,22)/t12-/m1/s1. The average Bonchev–Trinajstić information content (AvgIpc) is 2.92. The third-order valence-electron chi connectivity index (χ3n) is 3.54. The molecule has 2 N–H and O–H groups in total. The van der Waals surface area contributed by atoms with Gasteiger partial charge >= 0.3 is 5.69 Å². The van der Waals surface area contributed by atoms with E-state index in [1.165, 1.54) is 11.8 Å². The summed E-state index contributed by atoms with van der Waals surface area (Å²) in [5.74, 6) is 0.203. The molecule has 0 saturated heterocycles. The van der Waals surface area contributed by atoms with E-state index >= 15 is 0 Å². The molecule has 0 aliphatic carbocycles. The maximum atomic E-state index is 11.9. The fourth-order valence-electron chi connectivity index (χ4n) is 2.04. The zero-order valence-electron chi connectivity index (χ0n) is 13.4. The number of benzene rings is 1. The number of aromatic amines is 1. The second-order valence-corrected chi connectivity index (χ2v) is 6.31. The highest BCUT2D eigenvalue weighted by atomic mass is 32.2. The molecule has 6 nitrogen and oxygen atoms in total. The minimum atomic E-state index is -0.245. The molecule has 0 aliphatic heterocycles. The Balaban J connectivity index is 1.93. The highest BCUT2D eigenvalue weighted by molar-refractivity contribution is 7.99. The fraction of sp³-hybridized carbons (Fsp3) is 0.438. The van der Waals surface area contributed by atoms with Crippen LogP contribution in [0.5, 0.6) is 0 Å². The van der Waals surface area contributed by atoms with Gasteiger partial charge in [0.15, 0.2) is 5.16 Å². The number of nitrogens with one attached hydrogen (secondary N) is 2. The summed E-state index contributed by atoms with van der Waals surface area (Å²) in [6.07, 6.45) is 1.63. The number of thioether (sulfide) groups is 1. The lowest BCUT2D eigenvalue weighted by Gasteiger charge is -2.11. The monoisotopic (exact) mass is 334 g/mol. The second-order valence-electron chi connectivity index (χ2n) is 5.36. The largest absolute Gasteiger partial charge is 0.353 e. The van der Waals surface area contributed by atoms with Crippen LogP contribution in [-0.2, 0) is 17.8 Å². The number of amides is 1. The molecule has 1 atom stereocenters. The normalized spacial score (nSPS) is 12.1. The van der Waals surface area contributed by atoms with Crippen molar-refractivity contribution in [3.8, 4) is 0 Å². The van der Waals surface area contributed by atoms with Crippen LogP contribution in [-0.4, -0.2) is 32.5 Å². The Hall–Kier alpha value is -2.02. The predicted octanol–water partition coefficient (Wildman–Crippen LogP) is 1.82. The minimum absolute atomic E-state index is 0.0468. The lowest BCUT2D eigenvalue weighted by molar-refractivity contribution is -0.119. The SMILES string of the molecule is CC[C@@H](C)NC(=O)CSc1n[nH]c(=O)n1CCc1ccccc1. The molecule has 0 bridgehead atoms. The first-order valence-electron chi connectivity index (χ1n) is 7.71. The summed E-state index contributed by atoms with van der Waals surface area (Å²) in [7, 11) is 0. The van der Waals surface area contributed by atoms with Crippen LogP contribution in [0, 0.1) is 0 Å².